The molecule has 1 atom stereocenters. The minimum absolute atomic E-state index is 0.0830. The fourth-order valence-electron chi connectivity index (χ4n) is 2.32. The molecule has 0 aromatic rings. The van der Waals surface area contributed by atoms with E-state index in [1.54, 1.807) is 0 Å². The Morgan fingerprint density at radius 3 is 2.50 bits per heavy atom. The zero-order valence-corrected chi connectivity index (χ0v) is 9.13. The average molecular weight is 215 g/mol. The van der Waals surface area contributed by atoms with Crippen LogP contribution in [0.5, 0.6) is 0 Å². The second-order valence-electron chi connectivity index (χ2n) is 4.17. The van der Waals surface area contributed by atoms with Gasteiger partial charge in [-0.1, -0.05) is 0 Å². The number of hydrogen-bond acceptors (Lipinski definition) is 3. The summed E-state index contributed by atoms with van der Waals surface area (Å²) in [7, 11) is 0. The number of likely N-dealkylation sites (tertiary alicyclic amines) is 1. The Balaban J connectivity index is 1.80. The Morgan fingerprint density at radius 1 is 1.29 bits per heavy atom. The van der Waals surface area contributed by atoms with Crippen LogP contribution in [-0.4, -0.2) is 46.6 Å². The van der Waals surface area contributed by atoms with E-state index >= 15 is 0 Å². The number of carboxylic acid groups (broad SMARTS) is 1. The molecule has 0 unspecified atom stereocenters. The zero-order chi connectivity index (χ0) is 9.97. The summed E-state index contributed by atoms with van der Waals surface area (Å²) in [5.74, 6) is 1.84. The van der Waals surface area contributed by atoms with E-state index in [1.807, 2.05) is 11.8 Å². The van der Waals surface area contributed by atoms with Gasteiger partial charge in [0, 0.05) is 11.8 Å². The van der Waals surface area contributed by atoms with Crippen LogP contribution in [0.15, 0.2) is 0 Å². The minimum Gasteiger partial charge on any atom is -0.481 e. The van der Waals surface area contributed by atoms with E-state index in [-0.39, 0.29) is 5.92 Å². The molecule has 4 heteroatoms. The quantitative estimate of drug-likeness (QED) is 0.753. The lowest BCUT2D eigenvalue weighted by Crippen LogP contribution is -2.42. The zero-order valence-electron chi connectivity index (χ0n) is 8.32. The van der Waals surface area contributed by atoms with E-state index in [4.69, 9.17) is 5.11 Å². The first-order valence-electron chi connectivity index (χ1n) is 5.32. The Kier molecular flexibility index (Phi) is 3.34. The lowest BCUT2D eigenvalue weighted by atomic mass is 9.96. The van der Waals surface area contributed by atoms with E-state index in [0.29, 0.717) is 0 Å². The molecule has 2 saturated heterocycles. The maximum atomic E-state index is 10.8. The van der Waals surface area contributed by atoms with E-state index in [1.165, 1.54) is 17.9 Å². The van der Waals surface area contributed by atoms with Crippen LogP contribution in [0.2, 0.25) is 0 Å². The van der Waals surface area contributed by atoms with Crippen LogP contribution in [0.3, 0.4) is 0 Å². The van der Waals surface area contributed by atoms with Crippen molar-refractivity contribution in [1.82, 2.24) is 4.90 Å². The van der Waals surface area contributed by atoms with Crippen molar-refractivity contribution in [3.05, 3.63) is 0 Å². The Labute approximate surface area is 88.9 Å². The van der Waals surface area contributed by atoms with Gasteiger partial charge in [0.1, 0.15) is 0 Å². The van der Waals surface area contributed by atoms with Crippen LogP contribution in [0.25, 0.3) is 0 Å². The fourth-order valence-corrected chi connectivity index (χ4v) is 3.58. The second kappa shape index (κ2) is 4.53. The molecule has 2 aliphatic rings. The van der Waals surface area contributed by atoms with Gasteiger partial charge < -0.3 is 5.11 Å². The number of hydrogen-bond donors (Lipinski definition) is 1. The Bertz CT molecular complexity index is 208. The van der Waals surface area contributed by atoms with E-state index in [0.717, 1.165) is 32.0 Å². The summed E-state index contributed by atoms with van der Waals surface area (Å²) in [6.07, 6.45) is 2.98. The summed E-state index contributed by atoms with van der Waals surface area (Å²) in [5.41, 5.74) is 0. The van der Waals surface area contributed by atoms with Crippen LogP contribution in [-0.2, 0) is 4.79 Å². The lowest BCUT2D eigenvalue weighted by Gasteiger charge is -2.34. The number of nitrogens with zero attached hydrogens (tertiary/aromatic N) is 1. The van der Waals surface area contributed by atoms with Crippen molar-refractivity contribution < 1.29 is 9.90 Å². The molecule has 0 aromatic heterocycles. The Hall–Kier alpha value is -0.220. The lowest BCUT2D eigenvalue weighted by molar-refractivity contribution is -0.143. The maximum Gasteiger partial charge on any atom is 0.306 e. The average Bonchev–Trinajstić information content (AvgIpc) is 2.71. The molecule has 2 aliphatic heterocycles. The van der Waals surface area contributed by atoms with Gasteiger partial charge in [-0.05, 0) is 38.1 Å². The van der Waals surface area contributed by atoms with Gasteiger partial charge in [-0.15, -0.1) is 0 Å². The van der Waals surface area contributed by atoms with Gasteiger partial charge in [0.15, 0.2) is 0 Å². The predicted octanol–water partition coefficient (Wildman–Crippen LogP) is 1.29. The highest BCUT2D eigenvalue weighted by Crippen LogP contribution is 2.26. The van der Waals surface area contributed by atoms with Crippen LogP contribution >= 0.6 is 11.8 Å². The summed E-state index contributed by atoms with van der Waals surface area (Å²) < 4.78 is 0. The Morgan fingerprint density at radius 2 is 2.00 bits per heavy atom. The second-order valence-corrected chi connectivity index (χ2v) is 5.32. The molecular formula is C10H17NO2S. The highest BCUT2D eigenvalue weighted by Gasteiger charge is 2.29. The number of rotatable bonds is 2. The molecule has 0 aromatic carbocycles. The first-order valence-corrected chi connectivity index (χ1v) is 6.47. The number of thioether (sulfide) groups is 1. The third-order valence-electron chi connectivity index (χ3n) is 3.30. The van der Waals surface area contributed by atoms with Crippen molar-refractivity contribution in [3.63, 3.8) is 0 Å². The summed E-state index contributed by atoms with van der Waals surface area (Å²) in [5, 5.41) is 8.87. The van der Waals surface area contributed by atoms with E-state index in [9.17, 15) is 4.79 Å². The molecular weight excluding hydrogens is 198 g/mol. The highest BCUT2D eigenvalue weighted by molar-refractivity contribution is 7.99. The molecule has 2 fully saturated rings. The van der Waals surface area contributed by atoms with Crippen molar-refractivity contribution in [2.45, 2.75) is 25.3 Å². The van der Waals surface area contributed by atoms with Crippen molar-refractivity contribution in [2.75, 3.05) is 24.6 Å². The highest BCUT2D eigenvalue weighted by atomic mass is 32.2. The molecule has 0 aliphatic carbocycles. The van der Waals surface area contributed by atoms with Gasteiger partial charge in [0.05, 0.1) is 5.92 Å². The molecule has 0 radical (unpaired) electrons. The largest absolute Gasteiger partial charge is 0.481 e. The van der Waals surface area contributed by atoms with Gasteiger partial charge in [0.25, 0.3) is 0 Å². The number of carbonyl (C=O) groups is 1. The van der Waals surface area contributed by atoms with Crippen LogP contribution in [0.4, 0.5) is 0 Å². The van der Waals surface area contributed by atoms with Crippen LogP contribution < -0.4 is 0 Å². The van der Waals surface area contributed by atoms with Gasteiger partial charge >= 0.3 is 5.97 Å². The number of piperidine rings is 1. The molecule has 0 amide bonds. The molecule has 0 saturated carbocycles. The van der Waals surface area contributed by atoms with Crippen molar-refractivity contribution in [3.8, 4) is 0 Å². The first kappa shape index (κ1) is 10.3. The van der Waals surface area contributed by atoms with Gasteiger partial charge in [-0.2, -0.15) is 11.8 Å². The molecule has 2 rings (SSSR count). The molecule has 2 heterocycles. The topological polar surface area (TPSA) is 40.5 Å². The summed E-state index contributed by atoms with van der Waals surface area (Å²) in [6.45, 7) is 1.98. The monoisotopic (exact) mass is 215 g/mol. The standard InChI is InChI=1S/C10H17NO2S/c12-10(13)8-1-4-11(5-2-8)9-3-6-14-7-9/h8-9H,1-7H2,(H,12,13)/t9-/m1/s1. The fraction of sp³-hybridized carbons (Fsp3) is 0.900. The van der Waals surface area contributed by atoms with Gasteiger partial charge in [0.2, 0.25) is 0 Å². The summed E-state index contributed by atoms with van der Waals surface area (Å²) in [6, 6.07) is 0.731. The third kappa shape index (κ3) is 2.23. The van der Waals surface area contributed by atoms with E-state index < -0.39 is 5.97 Å². The SMILES string of the molecule is O=C(O)C1CCN([C@@H]2CCSC2)CC1. The number of aliphatic carboxylic acids is 1. The molecule has 14 heavy (non-hydrogen) atoms. The predicted molar refractivity (Wildman–Crippen MR) is 57.7 cm³/mol. The number of carboxylic acids is 1. The van der Waals surface area contributed by atoms with Crippen LogP contribution in [0.1, 0.15) is 19.3 Å². The normalized spacial score (nSPS) is 30.7. The van der Waals surface area contributed by atoms with Crippen molar-refractivity contribution in [1.29, 1.82) is 0 Å². The molecule has 0 spiro atoms. The van der Waals surface area contributed by atoms with Crippen molar-refractivity contribution >= 4 is 17.7 Å². The minimum atomic E-state index is -0.606. The molecule has 1 N–H and O–H groups in total. The van der Waals surface area contributed by atoms with E-state index in [2.05, 4.69) is 4.90 Å². The van der Waals surface area contributed by atoms with Gasteiger partial charge in [-0.3, -0.25) is 9.69 Å². The molecule has 0 bridgehead atoms. The van der Waals surface area contributed by atoms with Crippen molar-refractivity contribution in [2.24, 2.45) is 5.92 Å². The molecule has 3 nitrogen and oxygen atoms in total. The molecule has 80 valence electrons. The summed E-state index contributed by atoms with van der Waals surface area (Å²) >= 11 is 2.02. The maximum absolute atomic E-state index is 10.8. The smallest absolute Gasteiger partial charge is 0.306 e. The first-order chi connectivity index (χ1) is 6.77. The third-order valence-corrected chi connectivity index (χ3v) is 4.45. The summed E-state index contributed by atoms with van der Waals surface area (Å²) in [4.78, 5) is 13.2. The van der Waals surface area contributed by atoms with Gasteiger partial charge in [-0.25, -0.2) is 0 Å². The van der Waals surface area contributed by atoms with Crippen LogP contribution in [0, 0.1) is 5.92 Å².